The van der Waals surface area contributed by atoms with E-state index in [-0.39, 0.29) is 11.3 Å². The second kappa shape index (κ2) is 10.8. The first-order chi connectivity index (χ1) is 11.3. The van der Waals surface area contributed by atoms with Crippen molar-refractivity contribution in [3.63, 3.8) is 0 Å². The molecule has 0 heterocycles. The number of benzene rings is 1. The Morgan fingerprint density at radius 1 is 1.29 bits per heavy atom. The average molecular weight is 327 g/mol. The number of unbranched alkanes of at least 4 members (excludes halogenated alkanes) is 1. The van der Waals surface area contributed by atoms with E-state index in [4.69, 9.17) is 10.4 Å². The molecule has 0 aromatic heterocycles. The minimum absolute atomic E-state index is 0.239. The number of carboxylic acids is 1. The van der Waals surface area contributed by atoms with Crippen LogP contribution >= 0.6 is 0 Å². The summed E-state index contributed by atoms with van der Waals surface area (Å²) in [7, 11) is 0. The van der Waals surface area contributed by atoms with Gasteiger partial charge in [0.15, 0.2) is 0 Å². The van der Waals surface area contributed by atoms with E-state index in [1.54, 1.807) is 18.2 Å². The Hall–Kier alpha value is -2.80. The van der Waals surface area contributed by atoms with Crippen LogP contribution in [-0.2, 0) is 4.79 Å². The molecule has 0 bridgehead atoms. The van der Waals surface area contributed by atoms with Crippen molar-refractivity contribution in [2.75, 3.05) is 0 Å². The fourth-order valence-electron chi connectivity index (χ4n) is 1.60. The topological polar surface area (TPSA) is 81.3 Å². The first kappa shape index (κ1) is 21.2. The third-order valence-corrected chi connectivity index (χ3v) is 3.33. The number of aliphatic hydroxyl groups is 1. The molecule has 4 heteroatoms. The number of hydrogen-bond donors (Lipinski definition) is 2. The summed E-state index contributed by atoms with van der Waals surface area (Å²) < 4.78 is 0. The van der Waals surface area contributed by atoms with Crippen LogP contribution in [0.1, 0.15) is 50.3 Å². The number of carboxylic acid groups (broad SMARTS) is 1. The van der Waals surface area contributed by atoms with Crippen molar-refractivity contribution in [2.24, 2.45) is 0 Å². The van der Waals surface area contributed by atoms with Crippen LogP contribution in [0.15, 0.2) is 48.3 Å². The van der Waals surface area contributed by atoms with E-state index in [1.165, 1.54) is 31.9 Å². The van der Waals surface area contributed by atoms with Crippen LogP contribution in [0.2, 0.25) is 0 Å². The Morgan fingerprint density at radius 2 is 1.88 bits per heavy atom. The SMILES string of the molecule is C=C(/C=C(C(=O)O)\C(O)=C/C)c1ccc(C)c(C#N)c1.CCCC. The van der Waals surface area contributed by atoms with Gasteiger partial charge in [-0.1, -0.05) is 45.4 Å². The summed E-state index contributed by atoms with van der Waals surface area (Å²) in [4.78, 5) is 11.1. The Morgan fingerprint density at radius 3 is 2.29 bits per heavy atom. The lowest BCUT2D eigenvalue weighted by atomic mass is 9.99. The number of aliphatic carboxylic acids is 1. The summed E-state index contributed by atoms with van der Waals surface area (Å²) in [5.41, 5.74) is 2.14. The van der Waals surface area contributed by atoms with Crippen molar-refractivity contribution in [2.45, 2.75) is 40.5 Å². The normalized spacial score (nSPS) is 11.1. The molecule has 0 spiro atoms. The van der Waals surface area contributed by atoms with Gasteiger partial charge in [-0.05, 0) is 48.8 Å². The lowest BCUT2D eigenvalue weighted by Gasteiger charge is -2.06. The molecule has 0 radical (unpaired) electrons. The van der Waals surface area contributed by atoms with Gasteiger partial charge in [-0.15, -0.1) is 0 Å². The zero-order valence-electron chi connectivity index (χ0n) is 14.8. The van der Waals surface area contributed by atoms with Gasteiger partial charge in [0.2, 0.25) is 0 Å². The lowest BCUT2D eigenvalue weighted by Crippen LogP contribution is -2.03. The summed E-state index contributed by atoms with van der Waals surface area (Å²) in [5.74, 6) is -1.57. The summed E-state index contributed by atoms with van der Waals surface area (Å²) >= 11 is 0. The predicted octanol–water partition coefficient (Wildman–Crippen LogP) is 5.16. The largest absolute Gasteiger partial charge is 0.507 e. The molecule has 0 amide bonds. The van der Waals surface area contributed by atoms with Gasteiger partial charge in [0.05, 0.1) is 11.6 Å². The molecule has 2 N–H and O–H groups in total. The molecule has 1 rings (SSSR count). The van der Waals surface area contributed by atoms with E-state index in [2.05, 4.69) is 26.5 Å². The van der Waals surface area contributed by atoms with Gasteiger partial charge in [-0.3, -0.25) is 0 Å². The van der Waals surface area contributed by atoms with Crippen LogP contribution in [0.25, 0.3) is 5.57 Å². The number of nitrogens with zero attached hydrogens (tertiary/aromatic N) is 1. The Labute approximate surface area is 144 Å². The molecule has 128 valence electrons. The van der Waals surface area contributed by atoms with Crippen LogP contribution in [0.4, 0.5) is 0 Å². The monoisotopic (exact) mass is 327 g/mol. The second-order valence-electron chi connectivity index (χ2n) is 5.20. The van der Waals surface area contributed by atoms with Crippen molar-refractivity contribution >= 4 is 11.5 Å². The van der Waals surface area contributed by atoms with Gasteiger partial charge in [0.1, 0.15) is 11.3 Å². The zero-order valence-corrected chi connectivity index (χ0v) is 14.8. The molecule has 4 nitrogen and oxygen atoms in total. The minimum atomic E-state index is -1.24. The van der Waals surface area contributed by atoms with Crippen LogP contribution in [-0.4, -0.2) is 16.2 Å². The van der Waals surface area contributed by atoms with Gasteiger partial charge in [0.25, 0.3) is 0 Å². The van der Waals surface area contributed by atoms with Crippen LogP contribution in [0.3, 0.4) is 0 Å². The van der Waals surface area contributed by atoms with Gasteiger partial charge in [0, 0.05) is 0 Å². The van der Waals surface area contributed by atoms with Crippen LogP contribution < -0.4 is 0 Å². The van der Waals surface area contributed by atoms with Crippen molar-refractivity contribution in [1.29, 1.82) is 5.26 Å². The molecule has 0 unspecified atom stereocenters. The maximum atomic E-state index is 11.1. The summed E-state index contributed by atoms with van der Waals surface area (Å²) in [6.07, 6.45) is 5.21. The molecule has 0 saturated heterocycles. The summed E-state index contributed by atoms with van der Waals surface area (Å²) in [6.45, 7) is 11.5. The maximum Gasteiger partial charge on any atom is 0.339 e. The number of hydrogen-bond acceptors (Lipinski definition) is 3. The molecule has 0 aliphatic carbocycles. The molecular weight excluding hydrogens is 302 g/mol. The smallest absolute Gasteiger partial charge is 0.339 e. The molecule has 0 aliphatic heterocycles. The standard InChI is InChI=1S/C16H15NO3.C4H10/c1-4-15(18)14(16(19)20)7-11(3)12-6-5-10(2)13(8-12)9-17;1-3-4-2/h4-8,18H,3H2,1-2H3,(H,19,20);3-4H2,1-2H3/b14-7+,15-4+;. The van der Waals surface area contributed by atoms with Crippen molar-refractivity contribution in [3.05, 3.63) is 65.0 Å². The first-order valence-electron chi connectivity index (χ1n) is 7.82. The molecule has 24 heavy (non-hydrogen) atoms. The number of allylic oxidation sites excluding steroid dienone is 3. The average Bonchev–Trinajstić information content (AvgIpc) is 2.59. The van der Waals surface area contributed by atoms with E-state index in [0.29, 0.717) is 16.7 Å². The predicted molar refractivity (Wildman–Crippen MR) is 97.6 cm³/mol. The van der Waals surface area contributed by atoms with Gasteiger partial charge in [-0.25, -0.2) is 4.79 Å². The lowest BCUT2D eigenvalue weighted by molar-refractivity contribution is -0.132. The molecule has 0 aliphatic rings. The Bertz CT molecular complexity index is 689. The van der Waals surface area contributed by atoms with E-state index in [9.17, 15) is 9.90 Å². The maximum absolute atomic E-state index is 11.1. The molecule has 0 fully saturated rings. The number of nitriles is 1. The molecule has 0 atom stereocenters. The second-order valence-corrected chi connectivity index (χ2v) is 5.20. The summed E-state index contributed by atoms with van der Waals surface area (Å²) in [5, 5.41) is 27.6. The number of aryl methyl sites for hydroxylation is 1. The highest BCUT2D eigenvalue weighted by molar-refractivity contribution is 5.94. The summed E-state index contributed by atoms with van der Waals surface area (Å²) in [6, 6.07) is 7.22. The van der Waals surface area contributed by atoms with Gasteiger partial charge in [-0.2, -0.15) is 5.26 Å². The van der Waals surface area contributed by atoms with E-state index < -0.39 is 5.97 Å². The number of carbonyl (C=O) groups is 1. The van der Waals surface area contributed by atoms with E-state index in [1.807, 2.05) is 6.92 Å². The van der Waals surface area contributed by atoms with Crippen molar-refractivity contribution < 1.29 is 15.0 Å². The van der Waals surface area contributed by atoms with Gasteiger partial charge >= 0.3 is 5.97 Å². The third kappa shape index (κ3) is 6.53. The number of rotatable bonds is 5. The highest BCUT2D eigenvalue weighted by Gasteiger charge is 2.12. The highest BCUT2D eigenvalue weighted by atomic mass is 16.4. The highest BCUT2D eigenvalue weighted by Crippen LogP contribution is 2.21. The molecule has 1 aromatic rings. The van der Waals surface area contributed by atoms with E-state index in [0.717, 1.165) is 5.56 Å². The Balaban J connectivity index is 0.00000118. The van der Waals surface area contributed by atoms with Gasteiger partial charge < -0.3 is 10.2 Å². The van der Waals surface area contributed by atoms with E-state index >= 15 is 0 Å². The fourth-order valence-corrected chi connectivity index (χ4v) is 1.60. The van der Waals surface area contributed by atoms with Crippen LogP contribution in [0.5, 0.6) is 0 Å². The molecular formula is C20H25NO3. The Kier molecular flexibility index (Phi) is 9.58. The zero-order chi connectivity index (χ0) is 18.7. The minimum Gasteiger partial charge on any atom is -0.507 e. The third-order valence-electron chi connectivity index (χ3n) is 3.33. The quantitative estimate of drug-likeness (QED) is 0.444. The fraction of sp³-hybridized carbons (Fsp3) is 0.300. The molecule has 0 saturated carbocycles. The molecule has 1 aromatic carbocycles. The van der Waals surface area contributed by atoms with Crippen molar-refractivity contribution in [3.8, 4) is 6.07 Å². The van der Waals surface area contributed by atoms with Crippen LogP contribution in [0, 0.1) is 18.3 Å². The first-order valence-corrected chi connectivity index (χ1v) is 7.82. The number of aliphatic hydroxyl groups excluding tert-OH is 1. The van der Waals surface area contributed by atoms with Crippen molar-refractivity contribution in [1.82, 2.24) is 0 Å².